The van der Waals surface area contributed by atoms with Gasteiger partial charge in [0.2, 0.25) is 5.91 Å². The van der Waals surface area contributed by atoms with Gasteiger partial charge in [-0.05, 0) is 36.6 Å². The Balaban J connectivity index is 1.64. The van der Waals surface area contributed by atoms with Gasteiger partial charge in [0, 0.05) is 25.1 Å². The van der Waals surface area contributed by atoms with Crippen molar-refractivity contribution in [1.29, 1.82) is 0 Å². The third-order valence-corrected chi connectivity index (χ3v) is 4.20. The molecule has 2 aromatic rings. The second-order valence-electron chi connectivity index (χ2n) is 5.87. The molecule has 1 saturated carbocycles. The molecule has 6 nitrogen and oxygen atoms in total. The lowest BCUT2D eigenvalue weighted by Gasteiger charge is -2.31. The SMILES string of the molecule is NC1(C(=O)NCc2ccnc(-n3cccn3)c2)CCCCC1. The lowest BCUT2D eigenvalue weighted by molar-refractivity contribution is -0.127. The first-order chi connectivity index (χ1) is 10.7. The molecule has 0 aliphatic heterocycles. The Labute approximate surface area is 129 Å². The summed E-state index contributed by atoms with van der Waals surface area (Å²) in [7, 11) is 0. The molecule has 1 fully saturated rings. The third kappa shape index (κ3) is 3.17. The topological polar surface area (TPSA) is 85.8 Å². The number of pyridine rings is 1. The van der Waals surface area contributed by atoms with Crippen molar-refractivity contribution >= 4 is 5.91 Å². The van der Waals surface area contributed by atoms with Gasteiger partial charge in [-0.2, -0.15) is 5.10 Å². The Bertz CT molecular complexity index is 632. The number of rotatable bonds is 4. The van der Waals surface area contributed by atoms with Crippen LogP contribution in [-0.2, 0) is 11.3 Å². The minimum Gasteiger partial charge on any atom is -0.350 e. The first-order valence-corrected chi connectivity index (χ1v) is 7.69. The van der Waals surface area contributed by atoms with Crippen molar-refractivity contribution in [3.8, 4) is 5.82 Å². The second-order valence-corrected chi connectivity index (χ2v) is 5.87. The van der Waals surface area contributed by atoms with Crippen LogP contribution >= 0.6 is 0 Å². The summed E-state index contributed by atoms with van der Waals surface area (Å²) in [5.41, 5.74) is 6.52. The number of carbonyl (C=O) groups excluding carboxylic acids is 1. The van der Waals surface area contributed by atoms with Gasteiger partial charge in [-0.25, -0.2) is 9.67 Å². The molecule has 2 aromatic heterocycles. The number of amides is 1. The van der Waals surface area contributed by atoms with Gasteiger partial charge in [0.1, 0.15) is 0 Å². The first kappa shape index (κ1) is 14.7. The summed E-state index contributed by atoms with van der Waals surface area (Å²) in [5, 5.41) is 7.11. The van der Waals surface area contributed by atoms with E-state index in [0.29, 0.717) is 6.54 Å². The maximum Gasteiger partial charge on any atom is 0.240 e. The van der Waals surface area contributed by atoms with E-state index in [1.54, 1.807) is 17.1 Å². The Morgan fingerprint density at radius 1 is 1.32 bits per heavy atom. The summed E-state index contributed by atoms with van der Waals surface area (Å²) >= 11 is 0. The average Bonchev–Trinajstić information content (AvgIpc) is 3.08. The molecular formula is C16H21N5O. The van der Waals surface area contributed by atoms with Gasteiger partial charge in [-0.1, -0.05) is 19.3 Å². The molecule has 0 aromatic carbocycles. The third-order valence-electron chi connectivity index (χ3n) is 4.20. The Hall–Kier alpha value is -2.21. The number of nitrogens with zero attached hydrogens (tertiary/aromatic N) is 3. The summed E-state index contributed by atoms with van der Waals surface area (Å²) in [5.74, 6) is 0.682. The van der Waals surface area contributed by atoms with Crippen molar-refractivity contribution in [2.24, 2.45) is 5.73 Å². The molecule has 0 radical (unpaired) electrons. The van der Waals surface area contributed by atoms with E-state index in [0.717, 1.165) is 37.1 Å². The standard InChI is InChI=1S/C16H21N5O/c17-16(6-2-1-3-7-16)15(22)19-12-13-5-9-18-14(11-13)21-10-4-8-20-21/h4-5,8-11H,1-3,6-7,12,17H2,(H,19,22). The molecule has 0 spiro atoms. The lowest BCUT2D eigenvalue weighted by atomic mass is 9.82. The van der Waals surface area contributed by atoms with Crippen LogP contribution in [0.3, 0.4) is 0 Å². The van der Waals surface area contributed by atoms with Crippen LogP contribution in [0.25, 0.3) is 5.82 Å². The molecule has 0 unspecified atom stereocenters. The smallest absolute Gasteiger partial charge is 0.240 e. The highest BCUT2D eigenvalue weighted by Gasteiger charge is 2.34. The highest BCUT2D eigenvalue weighted by Crippen LogP contribution is 2.26. The van der Waals surface area contributed by atoms with E-state index >= 15 is 0 Å². The van der Waals surface area contributed by atoms with Crippen molar-refractivity contribution in [2.75, 3.05) is 0 Å². The molecule has 1 aliphatic rings. The predicted octanol–water partition coefficient (Wildman–Crippen LogP) is 1.55. The number of hydrogen-bond donors (Lipinski definition) is 2. The molecule has 0 bridgehead atoms. The van der Waals surface area contributed by atoms with E-state index in [1.807, 2.05) is 24.4 Å². The fraction of sp³-hybridized carbons (Fsp3) is 0.438. The fourth-order valence-electron chi connectivity index (χ4n) is 2.87. The van der Waals surface area contributed by atoms with Crippen LogP contribution in [0, 0.1) is 0 Å². The number of nitrogens with one attached hydrogen (secondary N) is 1. The van der Waals surface area contributed by atoms with Crippen molar-refractivity contribution in [2.45, 2.75) is 44.2 Å². The summed E-state index contributed by atoms with van der Waals surface area (Å²) in [6.45, 7) is 0.453. The maximum atomic E-state index is 12.3. The average molecular weight is 299 g/mol. The molecule has 3 rings (SSSR count). The molecule has 3 N–H and O–H groups in total. The van der Waals surface area contributed by atoms with Gasteiger partial charge < -0.3 is 11.1 Å². The number of hydrogen-bond acceptors (Lipinski definition) is 4. The molecule has 116 valence electrons. The summed E-state index contributed by atoms with van der Waals surface area (Å²) in [4.78, 5) is 16.6. The van der Waals surface area contributed by atoms with Crippen LogP contribution < -0.4 is 11.1 Å². The summed E-state index contributed by atoms with van der Waals surface area (Å²) < 4.78 is 1.69. The predicted molar refractivity (Wildman–Crippen MR) is 83.2 cm³/mol. The van der Waals surface area contributed by atoms with E-state index in [1.165, 1.54) is 6.42 Å². The van der Waals surface area contributed by atoms with Crippen molar-refractivity contribution in [3.63, 3.8) is 0 Å². The highest BCUT2D eigenvalue weighted by molar-refractivity contribution is 5.86. The minimum atomic E-state index is -0.698. The van der Waals surface area contributed by atoms with E-state index in [2.05, 4.69) is 15.4 Å². The van der Waals surface area contributed by atoms with Crippen LogP contribution in [0.2, 0.25) is 0 Å². The highest BCUT2D eigenvalue weighted by atomic mass is 16.2. The van der Waals surface area contributed by atoms with Gasteiger partial charge in [0.25, 0.3) is 0 Å². The minimum absolute atomic E-state index is 0.0512. The first-order valence-electron chi connectivity index (χ1n) is 7.69. The molecule has 1 amide bonds. The van der Waals surface area contributed by atoms with Gasteiger partial charge in [0.05, 0.1) is 5.54 Å². The van der Waals surface area contributed by atoms with Crippen molar-refractivity contribution < 1.29 is 4.79 Å². The Morgan fingerprint density at radius 3 is 2.86 bits per heavy atom. The number of aromatic nitrogens is 3. The quantitative estimate of drug-likeness (QED) is 0.897. The Kier molecular flexibility index (Phi) is 4.20. The zero-order chi connectivity index (χ0) is 15.4. The number of carbonyl (C=O) groups is 1. The molecule has 22 heavy (non-hydrogen) atoms. The molecule has 6 heteroatoms. The van der Waals surface area contributed by atoms with Crippen LogP contribution in [-0.4, -0.2) is 26.2 Å². The monoisotopic (exact) mass is 299 g/mol. The second kappa shape index (κ2) is 6.27. The Morgan fingerprint density at radius 2 is 2.14 bits per heavy atom. The van der Waals surface area contributed by atoms with E-state index in [-0.39, 0.29) is 5.91 Å². The van der Waals surface area contributed by atoms with E-state index in [4.69, 9.17) is 5.73 Å². The molecule has 2 heterocycles. The maximum absolute atomic E-state index is 12.3. The lowest BCUT2D eigenvalue weighted by Crippen LogP contribution is -2.54. The van der Waals surface area contributed by atoms with Gasteiger partial charge in [0.15, 0.2) is 5.82 Å². The summed E-state index contributed by atoms with van der Waals surface area (Å²) in [6, 6.07) is 5.64. The number of nitrogens with two attached hydrogens (primary N) is 1. The van der Waals surface area contributed by atoms with Crippen molar-refractivity contribution in [3.05, 3.63) is 42.4 Å². The van der Waals surface area contributed by atoms with Gasteiger partial charge in [-0.15, -0.1) is 0 Å². The van der Waals surface area contributed by atoms with E-state index in [9.17, 15) is 4.79 Å². The largest absolute Gasteiger partial charge is 0.350 e. The summed E-state index contributed by atoms with van der Waals surface area (Å²) in [6.07, 6.45) is 10.0. The van der Waals surface area contributed by atoms with Gasteiger partial charge in [-0.3, -0.25) is 4.79 Å². The van der Waals surface area contributed by atoms with Crippen LogP contribution in [0.15, 0.2) is 36.8 Å². The van der Waals surface area contributed by atoms with Crippen LogP contribution in [0.1, 0.15) is 37.7 Å². The zero-order valence-electron chi connectivity index (χ0n) is 12.5. The molecule has 1 aliphatic carbocycles. The zero-order valence-corrected chi connectivity index (χ0v) is 12.5. The van der Waals surface area contributed by atoms with Crippen LogP contribution in [0.5, 0.6) is 0 Å². The molecular weight excluding hydrogens is 278 g/mol. The van der Waals surface area contributed by atoms with E-state index < -0.39 is 5.54 Å². The molecule has 0 atom stereocenters. The van der Waals surface area contributed by atoms with Crippen LogP contribution in [0.4, 0.5) is 0 Å². The fourth-order valence-corrected chi connectivity index (χ4v) is 2.87. The normalized spacial score (nSPS) is 17.1. The molecule has 0 saturated heterocycles. The van der Waals surface area contributed by atoms with Crippen molar-refractivity contribution in [1.82, 2.24) is 20.1 Å². The van der Waals surface area contributed by atoms with Gasteiger partial charge >= 0.3 is 0 Å².